The van der Waals surface area contributed by atoms with Gasteiger partial charge >= 0.3 is 0 Å². The quantitative estimate of drug-likeness (QED) is 0.723. The van der Waals surface area contributed by atoms with Crippen LogP contribution < -0.4 is 5.73 Å². The first-order chi connectivity index (χ1) is 10.8. The molecule has 0 aliphatic heterocycles. The summed E-state index contributed by atoms with van der Waals surface area (Å²) in [6.07, 6.45) is 1.88. The summed E-state index contributed by atoms with van der Waals surface area (Å²) in [5.74, 6) is -0.480. The lowest BCUT2D eigenvalue weighted by Crippen LogP contribution is -2.28. The summed E-state index contributed by atoms with van der Waals surface area (Å²) in [7, 11) is -2.11. The molecule has 0 radical (unpaired) electrons. The standard InChI is InChI=1S/C17H19N3O2Si/c1-23(2,22)11-12-6-8-14(9-7-12)20-10-13-4-3-5-15(17(18)21)16(13)19-20/h3-10,22H,11H2,1-2H3,(H2,18,21). The van der Waals surface area contributed by atoms with Crippen LogP contribution in [0.3, 0.4) is 0 Å². The van der Waals surface area contributed by atoms with Crippen LogP contribution in [0.25, 0.3) is 16.6 Å². The Hall–Kier alpha value is -2.44. The van der Waals surface area contributed by atoms with E-state index in [1.165, 1.54) is 0 Å². The number of primary amides is 1. The lowest BCUT2D eigenvalue weighted by molar-refractivity contribution is 0.100. The molecule has 0 saturated heterocycles. The number of hydrogen-bond donors (Lipinski definition) is 2. The first-order valence-corrected chi connectivity index (χ1v) is 10.6. The highest BCUT2D eigenvalue weighted by atomic mass is 28.4. The SMILES string of the molecule is C[Si](C)(O)Cc1ccc(-n2cc3cccc(C(N)=O)c3n2)cc1. The largest absolute Gasteiger partial charge is 0.432 e. The molecular formula is C17H19N3O2Si. The monoisotopic (exact) mass is 325 g/mol. The minimum Gasteiger partial charge on any atom is -0.432 e. The molecule has 3 rings (SSSR count). The van der Waals surface area contributed by atoms with Crippen molar-refractivity contribution in [1.82, 2.24) is 9.78 Å². The second-order valence-electron chi connectivity index (χ2n) is 6.34. The molecule has 0 aliphatic carbocycles. The lowest BCUT2D eigenvalue weighted by atomic mass is 10.1. The highest BCUT2D eigenvalue weighted by molar-refractivity contribution is 6.69. The van der Waals surface area contributed by atoms with Gasteiger partial charge in [-0.1, -0.05) is 24.3 Å². The van der Waals surface area contributed by atoms with Crippen LogP contribution in [-0.4, -0.2) is 28.8 Å². The van der Waals surface area contributed by atoms with Gasteiger partial charge in [0.1, 0.15) is 5.52 Å². The normalized spacial score (nSPS) is 11.8. The van der Waals surface area contributed by atoms with Gasteiger partial charge in [-0.05, 0) is 42.9 Å². The van der Waals surface area contributed by atoms with E-state index in [4.69, 9.17) is 5.73 Å². The lowest BCUT2D eigenvalue weighted by Gasteiger charge is -2.13. The van der Waals surface area contributed by atoms with Gasteiger partial charge in [0.25, 0.3) is 5.91 Å². The number of nitrogens with two attached hydrogens (primary N) is 1. The van der Waals surface area contributed by atoms with E-state index in [1.807, 2.05) is 49.6 Å². The third-order valence-corrected chi connectivity index (χ3v) is 4.91. The first-order valence-electron chi connectivity index (χ1n) is 7.43. The molecule has 0 aliphatic rings. The second kappa shape index (κ2) is 5.64. The molecule has 3 N–H and O–H groups in total. The zero-order valence-corrected chi connectivity index (χ0v) is 14.2. The minimum absolute atomic E-state index is 0.422. The third-order valence-electron chi connectivity index (χ3n) is 3.64. The Bertz CT molecular complexity index is 864. The Morgan fingerprint density at radius 1 is 1.22 bits per heavy atom. The van der Waals surface area contributed by atoms with Gasteiger partial charge in [-0.2, -0.15) is 5.10 Å². The maximum atomic E-state index is 11.5. The van der Waals surface area contributed by atoms with Crippen LogP contribution in [0.2, 0.25) is 13.1 Å². The molecule has 1 amide bonds. The maximum absolute atomic E-state index is 11.5. The Balaban J connectivity index is 1.97. The average molecular weight is 325 g/mol. The van der Waals surface area contributed by atoms with Gasteiger partial charge in [0.2, 0.25) is 0 Å². The summed E-state index contributed by atoms with van der Waals surface area (Å²) < 4.78 is 1.74. The second-order valence-corrected chi connectivity index (χ2v) is 10.3. The Morgan fingerprint density at radius 3 is 2.52 bits per heavy atom. The number of amides is 1. The molecule has 1 heterocycles. The number of rotatable bonds is 4. The molecule has 0 atom stereocenters. The van der Waals surface area contributed by atoms with Gasteiger partial charge in [-0.3, -0.25) is 4.79 Å². The average Bonchev–Trinajstić information content (AvgIpc) is 2.89. The molecule has 0 spiro atoms. The number of fused-ring (bicyclic) bond motifs is 1. The van der Waals surface area contributed by atoms with Crippen LogP contribution in [0, 0.1) is 0 Å². The summed E-state index contributed by atoms with van der Waals surface area (Å²) >= 11 is 0. The van der Waals surface area contributed by atoms with Crippen molar-refractivity contribution in [3.63, 3.8) is 0 Å². The molecule has 0 bridgehead atoms. The van der Waals surface area contributed by atoms with Crippen LogP contribution in [0.5, 0.6) is 0 Å². The van der Waals surface area contributed by atoms with E-state index in [9.17, 15) is 9.59 Å². The van der Waals surface area contributed by atoms with Gasteiger partial charge in [0.05, 0.1) is 11.3 Å². The summed E-state index contributed by atoms with van der Waals surface area (Å²) in [5.41, 5.74) is 8.44. The number of hydrogen-bond acceptors (Lipinski definition) is 3. The number of aromatic nitrogens is 2. The number of carbonyl (C=O) groups excluding carboxylic acids is 1. The summed E-state index contributed by atoms with van der Waals surface area (Å²) in [6.45, 7) is 3.85. The first kappa shape index (κ1) is 15.5. The highest BCUT2D eigenvalue weighted by Crippen LogP contribution is 2.20. The summed E-state index contributed by atoms with van der Waals surface area (Å²) in [4.78, 5) is 21.5. The summed E-state index contributed by atoms with van der Waals surface area (Å²) in [6, 6.07) is 14.0. The molecule has 0 fully saturated rings. The highest BCUT2D eigenvalue weighted by Gasteiger charge is 2.17. The van der Waals surface area contributed by atoms with Crippen molar-refractivity contribution in [3.05, 3.63) is 59.8 Å². The molecule has 118 valence electrons. The van der Waals surface area contributed by atoms with Crippen LogP contribution in [0.4, 0.5) is 0 Å². The van der Waals surface area contributed by atoms with Gasteiger partial charge in [0.15, 0.2) is 8.32 Å². The van der Waals surface area contributed by atoms with Gasteiger partial charge < -0.3 is 10.5 Å². The fraction of sp³-hybridized carbons (Fsp3) is 0.176. The van der Waals surface area contributed by atoms with E-state index in [2.05, 4.69) is 5.10 Å². The molecule has 2 aromatic carbocycles. The fourth-order valence-corrected chi connectivity index (χ4v) is 3.88. The maximum Gasteiger partial charge on any atom is 0.250 e. The van der Waals surface area contributed by atoms with E-state index in [1.54, 1.807) is 16.8 Å². The molecule has 1 aromatic heterocycles. The number of benzene rings is 2. The Morgan fingerprint density at radius 2 is 1.91 bits per heavy atom. The van der Waals surface area contributed by atoms with Crippen molar-refractivity contribution in [2.24, 2.45) is 5.73 Å². The topological polar surface area (TPSA) is 81.1 Å². The van der Waals surface area contributed by atoms with Crippen molar-refractivity contribution < 1.29 is 9.59 Å². The van der Waals surface area contributed by atoms with Crippen LogP contribution in [0.1, 0.15) is 15.9 Å². The molecular weight excluding hydrogens is 306 g/mol. The predicted octanol–water partition coefficient (Wildman–Crippen LogP) is 2.40. The van der Waals surface area contributed by atoms with Gasteiger partial charge in [-0.15, -0.1) is 0 Å². The molecule has 3 aromatic rings. The minimum atomic E-state index is -2.11. The van der Waals surface area contributed by atoms with Crippen molar-refractivity contribution in [3.8, 4) is 5.69 Å². The van der Waals surface area contributed by atoms with E-state index in [-0.39, 0.29) is 0 Å². The van der Waals surface area contributed by atoms with E-state index in [0.29, 0.717) is 11.1 Å². The van der Waals surface area contributed by atoms with Gasteiger partial charge in [-0.25, -0.2) is 4.68 Å². The zero-order valence-electron chi connectivity index (χ0n) is 13.2. The Kier molecular flexibility index (Phi) is 3.79. The molecule has 5 nitrogen and oxygen atoms in total. The van der Waals surface area contributed by atoms with Crippen molar-refractivity contribution in [1.29, 1.82) is 0 Å². The van der Waals surface area contributed by atoms with Crippen molar-refractivity contribution >= 4 is 25.1 Å². The van der Waals surface area contributed by atoms with Gasteiger partial charge in [0, 0.05) is 11.6 Å². The van der Waals surface area contributed by atoms with Crippen LogP contribution in [-0.2, 0) is 6.04 Å². The molecule has 0 saturated carbocycles. The fourth-order valence-electron chi connectivity index (χ4n) is 2.64. The molecule has 23 heavy (non-hydrogen) atoms. The number of carbonyl (C=O) groups is 1. The smallest absolute Gasteiger partial charge is 0.250 e. The van der Waals surface area contributed by atoms with Crippen LogP contribution in [0.15, 0.2) is 48.7 Å². The third kappa shape index (κ3) is 3.33. The molecule has 6 heteroatoms. The molecule has 0 unspecified atom stereocenters. The van der Waals surface area contributed by atoms with E-state index in [0.717, 1.165) is 22.7 Å². The summed E-state index contributed by atoms with van der Waals surface area (Å²) in [5, 5.41) is 5.35. The zero-order chi connectivity index (χ0) is 16.6. The van der Waals surface area contributed by atoms with Crippen LogP contribution >= 0.6 is 0 Å². The van der Waals surface area contributed by atoms with Crippen molar-refractivity contribution in [2.45, 2.75) is 19.1 Å². The van der Waals surface area contributed by atoms with E-state index < -0.39 is 14.2 Å². The van der Waals surface area contributed by atoms with E-state index >= 15 is 0 Å². The van der Waals surface area contributed by atoms with Crippen molar-refractivity contribution in [2.75, 3.05) is 0 Å². The Labute approximate surface area is 135 Å². The number of nitrogens with zero attached hydrogens (tertiary/aromatic N) is 2. The predicted molar refractivity (Wildman–Crippen MR) is 93.0 cm³/mol.